The number of aliphatic hydroxyl groups is 1. The molecule has 4 nitrogen and oxygen atoms in total. The minimum absolute atomic E-state index is 0.211. The summed E-state index contributed by atoms with van der Waals surface area (Å²) in [5.74, 6) is 1.18. The van der Waals surface area contributed by atoms with Crippen LogP contribution < -0.4 is 0 Å². The van der Waals surface area contributed by atoms with E-state index in [0.29, 0.717) is 17.4 Å². The third kappa shape index (κ3) is 2.41. The van der Waals surface area contributed by atoms with Gasteiger partial charge >= 0.3 is 0 Å². The first-order chi connectivity index (χ1) is 8.72. The van der Waals surface area contributed by atoms with Gasteiger partial charge in [-0.25, -0.2) is 4.39 Å². The number of halogens is 1. The smallest absolute Gasteiger partial charge is 0.229 e. The first-order valence-corrected chi connectivity index (χ1v) is 5.98. The maximum atomic E-state index is 13.0. The average Bonchev–Trinajstić information content (AvgIpc) is 3.11. The van der Waals surface area contributed by atoms with E-state index < -0.39 is 6.10 Å². The maximum absolute atomic E-state index is 13.0. The molecular weight excluding hydrogens is 235 g/mol. The van der Waals surface area contributed by atoms with Crippen molar-refractivity contribution in [2.24, 2.45) is 0 Å². The van der Waals surface area contributed by atoms with Gasteiger partial charge in [0.25, 0.3) is 0 Å². The number of benzene rings is 1. The fourth-order valence-electron chi connectivity index (χ4n) is 1.86. The minimum Gasteiger partial charge on any atom is -0.388 e. The molecule has 1 N–H and O–H groups in total. The fourth-order valence-corrected chi connectivity index (χ4v) is 1.86. The summed E-state index contributed by atoms with van der Waals surface area (Å²) in [6, 6.07) is 5.89. The Morgan fingerprint density at radius 1 is 1.44 bits per heavy atom. The molecule has 0 radical (unpaired) electrons. The van der Waals surface area contributed by atoms with Crippen molar-refractivity contribution in [1.82, 2.24) is 10.1 Å². The number of rotatable bonds is 4. The molecule has 3 rings (SSSR count). The lowest BCUT2D eigenvalue weighted by atomic mass is 10.1. The van der Waals surface area contributed by atoms with Crippen LogP contribution >= 0.6 is 0 Å². The van der Waals surface area contributed by atoms with Gasteiger partial charge in [-0.15, -0.1) is 0 Å². The lowest BCUT2D eigenvalue weighted by molar-refractivity contribution is 0.164. The molecule has 94 valence electrons. The van der Waals surface area contributed by atoms with E-state index >= 15 is 0 Å². The van der Waals surface area contributed by atoms with Crippen molar-refractivity contribution in [3.63, 3.8) is 0 Å². The fraction of sp³-hybridized carbons (Fsp3) is 0.385. The monoisotopic (exact) mass is 248 g/mol. The van der Waals surface area contributed by atoms with Crippen LogP contribution in [0.2, 0.25) is 0 Å². The van der Waals surface area contributed by atoms with Gasteiger partial charge in [-0.3, -0.25) is 0 Å². The lowest BCUT2D eigenvalue weighted by Gasteiger charge is -2.07. The molecule has 1 aromatic heterocycles. The second-order valence-corrected chi connectivity index (χ2v) is 4.60. The first kappa shape index (κ1) is 11.3. The Morgan fingerprint density at radius 3 is 3.00 bits per heavy atom. The summed E-state index contributed by atoms with van der Waals surface area (Å²) < 4.78 is 18.1. The molecule has 2 aromatic rings. The van der Waals surface area contributed by atoms with Gasteiger partial charge in [0.2, 0.25) is 5.89 Å². The molecule has 5 heteroatoms. The van der Waals surface area contributed by atoms with Crippen LogP contribution in [0.5, 0.6) is 0 Å². The topological polar surface area (TPSA) is 59.2 Å². The van der Waals surface area contributed by atoms with Gasteiger partial charge in [0.05, 0.1) is 12.5 Å². The molecule has 1 saturated carbocycles. The molecule has 1 heterocycles. The van der Waals surface area contributed by atoms with Gasteiger partial charge in [-0.1, -0.05) is 17.3 Å². The number of aliphatic hydroxyl groups excluding tert-OH is 1. The Bertz CT molecular complexity index is 551. The summed E-state index contributed by atoms with van der Waals surface area (Å²) in [5, 5.41) is 13.8. The Labute approximate surface area is 103 Å². The molecule has 0 aliphatic heterocycles. The highest BCUT2D eigenvalue weighted by Gasteiger charge is 2.29. The summed E-state index contributed by atoms with van der Waals surface area (Å²) in [4.78, 5) is 4.23. The SMILES string of the molecule is O[C@@H](Cc1nc(C2CC2)no1)c1cccc(F)c1. The number of hydrogen-bond acceptors (Lipinski definition) is 4. The Hall–Kier alpha value is -1.75. The van der Waals surface area contributed by atoms with Gasteiger partial charge < -0.3 is 9.63 Å². The number of hydrogen-bond donors (Lipinski definition) is 1. The van der Waals surface area contributed by atoms with Crippen LogP contribution in [0.3, 0.4) is 0 Å². The number of aromatic nitrogens is 2. The van der Waals surface area contributed by atoms with Crippen LogP contribution in [0.1, 0.15) is 42.1 Å². The van der Waals surface area contributed by atoms with Gasteiger partial charge in [-0.2, -0.15) is 4.98 Å². The van der Waals surface area contributed by atoms with Gasteiger partial charge in [-0.05, 0) is 30.5 Å². The van der Waals surface area contributed by atoms with E-state index in [1.807, 2.05) is 0 Å². The summed E-state index contributed by atoms with van der Waals surface area (Å²) in [6.07, 6.45) is 1.59. The molecule has 1 aliphatic carbocycles. The maximum Gasteiger partial charge on any atom is 0.229 e. The Morgan fingerprint density at radius 2 is 2.28 bits per heavy atom. The zero-order valence-electron chi connectivity index (χ0n) is 9.71. The van der Waals surface area contributed by atoms with Crippen LogP contribution in [0.25, 0.3) is 0 Å². The Kier molecular flexibility index (Phi) is 2.83. The van der Waals surface area contributed by atoms with E-state index in [-0.39, 0.29) is 12.2 Å². The largest absolute Gasteiger partial charge is 0.388 e. The van der Waals surface area contributed by atoms with Crippen LogP contribution in [0, 0.1) is 5.82 Å². The zero-order chi connectivity index (χ0) is 12.5. The molecular formula is C13H13FN2O2. The lowest BCUT2D eigenvalue weighted by Crippen LogP contribution is -2.02. The van der Waals surface area contributed by atoms with Crippen molar-refractivity contribution in [1.29, 1.82) is 0 Å². The standard InChI is InChI=1S/C13H13FN2O2/c14-10-3-1-2-9(6-10)11(17)7-12-15-13(16-18-12)8-4-5-8/h1-3,6,8,11,17H,4-5,7H2/t11-/m0/s1. The molecule has 1 atom stereocenters. The van der Waals surface area contributed by atoms with Crippen molar-refractivity contribution in [3.8, 4) is 0 Å². The predicted molar refractivity (Wildman–Crippen MR) is 61.3 cm³/mol. The average molecular weight is 248 g/mol. The van der Waals surface area contributed by atoms with Crippen LogP contribution in [-0.2, 0) is 6.42 Å². The molecule has 0 unspecified atom stereocenters. The third-order valence-corrected chi connectivity index (χ3v) is 3.03. The summed E-state index contributed by atoms with van der Waals surface area (Å²) in [7, 11) is 0. The van der Waals surface area contributed by atoms with Gasteiger partial charge in [0, 0.05) is 5.92 Å². The van der Waals surface area contributed by atoms with E-state index in [1.165, 1.54) is 12.1 Å². The van der Waals surface area contributed by atoms with Crippen LogP contribution in [0.4, 0.5) is 4.39 Å². The van der Waals surface area contributed by atoms with E-state index in [9.17, 15) is 9.50 Å². The second kappa shape index (κ2) is 4.49. The highest BCUT2D eigenvalue weighted by atomic mass is 19.1. The predicted octanol–water partition coefficient (Wildman–Crippen LogP) is 2.36. The molecule has 1 fully saturated rings. The zero-order valence-corrected chi connectivity index (χ0v) is 9.71. The second-order valence-electron chi connectivity index (χ2n) is 4.60. The first-order valence-electron chi connectivity index (χ1n) is 5.98. The molecule has 18 heavy (non-hydrogen) atoms. The summed E-state index contributed by atoms with van der Waals surface area (Å²) >= 11 is 0. The Balaban J connectivity index is 1.70. The van der Waals surface area contributed by atoms with Crippen molar-refractivity contribution < 1.29 is 14.0 Å². The minimum atomic E-state index is -0.826. The normalized spacial score (nSPS) is 16.8. The quantitative estimate of drug-likeness (QED) is 0.902. The van der Waals surface area contributed by atoms with Crippen molar-refractivity contribution in [2.45, 2.75) is 31.3 Å². The highest BCUT2D eigenvalue weighted by molar-refractivity contribution is 5.19. The highest BCUT2D eigenvalue weighted by Crippen LogP contribution is 2.38. The van der Waals surface area contributed by atoms with Gasteiger partial charge in [0.15, 0.2) is 5.82 Å². The van der Waals surface area contributed by atoms with E-state index in [4.69, 9.17) is 4.52 Å². The third-order valence-electron chi connectivity index (χ3n) is 3.03. The van der Waals surface area contributed by atoms with Crippen molar-refractivity contribution in [3.05, 3.63) is 47.4 Å². The molecule has 0 spiro atoms. The number of nitrogens with zero attached hydrogens (tertiary/aromatic N) is 2. The van der Waals surface area contributed by atoms with Crippen molar-refractivity contribution >= 4 is 0 Å². The molecule has 1 aromatic carbocycles. The summed E-state index contributed by atoms with van der Waals surface area (Å²) in [5.41, 5.74) is 0.515. The van der Waals surface area contributed by atoms with Crippen LogP contribution in [0.15, 0.2) is 28.8 Å². The molecule has 0 saturated heterocycles. The molecule has 1 aliphatic rings. The van der Waals surface area contributed by atoms with E-state index in [2.05, 4.69) is 10.1 Å². The van der Waals surface area contributed by atoms with E-state index in [0.717, 1.165) is 18.7 Å². The molecule has 0 amide bonds. The van der Waals surface area contributed by atoms with Crippen LogP contribution in [-0.4, -0.2) is 15.2 Å². The van der Waals surface area contributed by atoms with Crippen molar-refractivity contribution in [2.75, 3.05) is 0 Å². The molecule has 0 bridgehead atoms. The van der Waals surface area contributed by atoms with Gasteiger partial charge in [0.1, 0.15) is 5.82 Å². The van der Waals surface area contributed by atoms with E-state index in [1.54, 1.807) is 12.1 Å². The summed E-state index contributed by atoms with van der Waals surface area (Å²) in [6.45, 7) is 0.